The molecule has 0 bridgehead atoms. The van der Waals surface area contributed by atoms with Crippen LogP contribution in [0.15, 0.2) is 0 Å². The molecule has 20 heavy (non-hydrogen) atoms. The van der Waals surface area contributed by atoms with Gasteiger partial charge in [-0.3, -0.25) is 4.79 Å². The molecule has 3 nitrogen and oxygen atoms in total. The van der Waals surface area contributed by atoms with Gasteiger partial charge in [0.25, 0.3) is 0 Å². The van der Waals surface area contributed by atoms with Crippen molar-refractivity contribution in [2.75, 3.05) is 6.61 Å². The van der Waals surface area contributed by atoms with Crippen LogP contribution in [-0.4, -0.2) is 24.2 Å². The quantitative estimate of drug-likeness (QED) is 0.830. The number of carbonyl (C=O) groups excluding carboxylic acids is 1. The van der Waals surface area contributed by atoms with E-state index in [4.69, 9.17) is 4.74 Å². The third-order valence-electron chi connectivity index (χ3n) is 4.74. The lowest BCUT2D eigenvalue weighted by Gasteiger charge is -2.39. The van der Waals surface area contributed by atoms with E-state index in [1.807, 2.05) is 20.8 Å². The molecule has 118 valence electrons. The van der Waals surface area contributed by atoms with Crippen LogP contribution in [0.3, 0.4) is 0 Å². The van der Waals surface area contributed by atoms with E-state index in [2.05, 4.69) is 26.1 Å². The van der Waals surface area contributed by atoms with Gasteiger partial charge in [-0.15, -0.1) is 0 Å². The number of carbonyl (C=O) groups is 1. The van der Waals surface area contributed by atoms with E-state index < -0.39 is 0 Å². The SMILES string of the molecule is CCC(C)(C)C1CCC(NC(=O)COC(C)(C)C)CC1. The number of nitrogens with one attached hydrogen (secondary N) is 1. The molecule has 1 amide bonds. The third-order valence-corrected chi connectivity index (χ3v) is 4.74. The fourth-order valence-electron chi connectivity index (χ4n) is 2.86. The highest BCUT2D eigenvalue weighted by Crippen LogP contribution is 2.40. The minimum absolute atomic E-state index is 0.0260. The number of amides is 1. The smallest absolute Gasteiger partial charge is 0.246 e. The number of hydrogen-bond acceptors (Lipinski definition) is 2. The lowest BCUT2D eigenvalue weighted by molar-refractivity contribution is -0.131. The molecule has 1 fully saturated rings. The second-order valence-corrected chi connectivity index (χ2v) is 7.86. The van der Waals surface area contributed by atoms with Gasteiger partial charge in [0.2, 0.25) is 5.91 Å². The Labute approximate surface area is 124 Å². The average Bonchev–Trinajstić information content (AvgIpc) is 2.36. The first-order valence-corrected chi connectivity index (χ1v) is 8.07. The van der Waals surface area contributed by atoms with Gasteiger partial charge in [-0.05, 0) is 57.8 Å². The van der Waals surface area contributed by atoms with E-state index in [9.17, 15) is 4.79 Å². The van der Waals surface area contributed by atoms with E-state index in [1.54, 1.807) is 0 Å². The van der Waals surface area contributed by atoms with Crippen LogP contribution < -0.4 is 5.32 Å². The van der Waals surface area contributed by atoms with Crippen molar-refractivity contribution in [2.24, 2.45) is 11.3 Å². The Morgan fingerprint density at radius 1 is 1.10 bits per heavy atom. The summed E-state index contributed by atoms with van der Waals surface area (Å²) in [6, 6.07) is 0.343. The van der Waals surface area contributed by atoms with Gasteiger partial charge in [-0.2, -0.15) is 0 Å². The first-order valence-electron chi connectivity index (χ1n) is 8.07. The molecular formula is C17H33NO2. The molecule has 0 atom stereocenters. The van der Waals surface area contributed by atoms with Crippen molar-refractivity contribution < 1.29 is 9.53 Å². The summed E-state index contributed by atoms with van der Waals surface area (Å²) in [6.45, 7) is 13.1. The van der Waals surface area contributed by atoms with Gasteiger partial charge in [-0.1, -0.05) is 27.2 Å². The molecule has 0 aromatic heterocycles. The molecule has 0 unspecified atom stereocenters. The first kappa shape index (κ1) is 17.5. The van der Waals surface area contributed by atoms with Crippen LogP contribution in [0.2, 0.25) is 0 Å². The van der Waals surface area contributed by atoms with Crippen molar-refractivity contribution in [2.45, 2.75) is 85.3 Å². The van der Waals surface area contributed by atoms with E-state index in [0.29, 0.717) is 11.5 Å². The van der Waals surface area contributed by atoms with Crippen molar-refractivity contribution >= 4 is 5.91 Å². The van der Waals surface area contributed by atoms with Crippen LogP contribution in [0.1, 0.15) is 73.6 Å². The molecule has 0 heterocycles. The summed E-state index contributed by atoms with van der Waals surface area (Å²) in [5, 5.41) is 3.12. The standard InChI is InChI=1S/C17H33NO2/c1-7-17(5,6)13-8-10-14(11-9-13)18-15(19)12-20-16(2,3)4/h13-14H,7-12H2,1-6H3,(H,18,19). The summed E-state index contributed by atoms with van der Waals surface area (Å²) in [5.41, 5.74) is 0.185. The minimum Gasteiger partial charge on any atom is -0.366 e. The summed E-state index contributed by atoms with van der Waals surface area (Å²) < 4.78 is 5.51. The van der Waals surface area contributed by atoms with Crippen molar-refractivity contribution in [3.8, 4) is 0 Å². The molecule has 0 radical (unpaired) electrons. The zero-order valence-electron chi connectivity index (χ0n) is 14.2. The fraction of sp³-hybridized carbons (Fsp3) is 0.941. The van der Waals surface area contributed by atoms with Crippen molar-refractivity contribution in [1.29, 1.82) is 0 Å². The molecule has 1 N–H and O–H groups in total. The minimum atomic E-state index is -0.250. The Morgan fingerprint density at radius 2 is 1.65 bits per heavy atom. The average molecular weight is 283 g/mol. The highest BCUT2D eigenvalue weighted by molar-refractivity contribution is 5.77. The molecule has 0 aliphatic heterocycles. The Morgan fingerprint density at radius 3 is 2.10 bits per heavy atom. The molecule has 0 spiro atoms. The van der Waals surface area contributed by atoms with Crippen LogP contribution in [-0.2, 0) is 9.53 Å². The Bertz CT molecular complexity index is 309. The topological polar surface area (TPSA) is 38.3 Å². The van der Waals surface area contributed by atoms with Gasteiger partial charge < -0.3 is 10.1 Å². The lowest BCUT2D eigenvalue weighted by Crippen LogP contribution is -2.42. The zero-order valence-corrected chi connectivity index (χ0v) is 14.2. The van der Waals surface area contributed by atoms with Crippen molar-refractivity contribution in [3.63, 3.8) is 0 Å². The normalized spacial score (nSPS) is 24.5. The maximum Gasteiger partial charge on any atom is 0.246 e. The summed E-state index contributed by atoms with van der Waals surface area (Å²) in [7, 11) is 0. The molecule has 1 saturated carbocycles. The van der Waals surface area contributed by atoms with Gasteiger partial charge in [-0.25, -0.2) is 0 Å². The second-order valence-electron chi connectivity index (χ2n) is 7.86. The van der Waals surface area contributed by atoms with Crippen molar-refractivity contribution in [3.05, 3.63) is 0 Å². The summed E-state index contributed by atoms with van der Waals surface area (Å²) in [6.07, 6.45) is 5.90. The predicted octanol–water partition coefficient (Wildman–Crippen LogP) is 3.91. The van der Waals surface area contributed by atoms with Gasteiger partial charge in [0.1, 0.15) is 6.61 Å². The second kappa shape index (κ2) is 6.93. The summed E-state index contributed by atoms with van der Waals surface area (Å²) in [4.78, 5) is 11.9. The largest absolute Gasteiger partial charge is 0.366 e. The maximum absolute atomic E-state index is 11.9. The monoisotopic (exact) mass is 283 g/mol. The lowest BCUT2D eigenvalue weighted by atomic mass is 9.69. The molecule has 1 aliphatic carbocycles. The van der Waals surface area contributed by atoms with E-state index in [0.717, 1.165) is 18.8 Å². The highest BCUT2D eigenvalue weighted by Gasteiger charge is 2.32. The van der Waals surface area contributed by atoms with Gasteiger partial charge in [0, 0.05) is 6.04 Å². The molecule has 1 rings (SSSR count). The van der Waals surface area contributed by atoms with Gasteiger partial charge >= 0.3 is 0 Å². The van der Waals surface area contributed by atoms with Gasteiger partial charge in [0.15, 0.2) is 0 Å². The van der Waals surface area contributed by atoms with Crippen molar-refractivity contribution in [1.82, 2.24) is 5.32 Å². The predicted molar refractivity (Wildman–Crippen MR) is 83.7 cm³/mol. The van der Waals surface area contributed by atoms with Crippen LogP contribution in [0.5, 0.6) is 0 Å². The molecule has 1 aliphatic rings. The first-order chi connectivity index (χ1) is 9.14. The third kappa shape index (κ3) is 5.82. The summed E-state index contributed by atoms with van der Waals surface area (Å²) in [5.74, 6) is 0.824. The number of hydrogen-bond donors (Lipinski definition) is 1. The fourth-order valence-corrected chi connectivity index (χ4v) is 2.86. The Balaban J connectivity index is 2.30. The number of rotatable bonds is 5. The van der Waals surface area contributed by atoms with Crippen LogP contribution in [0.4, 0.5) is 0 Å². The van der Waals surface area contributed by atoms with Gasteiger partial charge in [0.05, 0.1) is 5.60 Å². The molecular weight excluding hydrogens is 250 g/mol. The molecule has 0 aromatic carbocycles. The van der Waals surface area contributed by atoms with Crippen LogP contribution >= 0.6 is 0 Å². The van der Waals surface area contributed by atoms with Crippen LogP contribution in [0, 0.1) is 11.3 Å². The Kier molecular flexibility index (Phi) is 6.06. The van der Waals surface area contributed by atoms with Crippen LogP contribution in [0.25, 0.3) is 0 Å². The molecule has 0 aromatic rings. The molecule has 0 saturated heterocycles. The maximum atomic E-state index is 11.9. The highest BCUT2D eigenvalue weighted by atomic mass is 16.5. The van der Waals surface area contributed by atoms with E-state index >= 15 is 0 Å². The van der Waals surface area contributed by atoms with E-state index in [-0.39, 0.29) is 18.1 Å². The molecule has 3 heteroatoms. The Hall–Kier alpha value is -0.570. The van der Waals surface area contributed by atoms with E-state index in [1.165, 1.54) is 19.3 Å². The number of ether oxygens (including phenoxy) is 1. The zero-order chi connectivity index (χ0) is 15.4. The summed E-state index contributed by atoms with van der Waals surface area (Å²) >= 11 is 0.